The van der Waals surface area contributed by atoms with E-state index in [1.165, 1.54) is 24.5 Å². The highest BCUT2D eigenvalue weighted by Crippen LogP contribution is 2.16. The van der Waals surface area contributed by atoms with Crippen molar-refractivity contribution in [3.05, 3.63) is 35.9 Å². The summed E-state index contributed by atoms with van der Waals surface area (Å²) in [7, 11) is 1.84. The Hall–Kier alpha value is -2.08. The van der Waals surface area contributed by atoms with Gasteiger partial charge >= 0.3 is 0 Å². The summed E-state index contributed by atoms with van der Waals surface area (Å²) < 4.78 is 13.4. The molecule has 19 heavy (non-hydrogen) atoms. The van der Waals surface area contributed by atoms with Gasteiger partial charge in [0.1, 0.15) is 11.3 Å². The second-order valence-corrected chi connectivity index (χ2v) is 4.09. The monoisotopic (exact) mass is 262 g/mol. The van der Waals surface area contributed by atoms with Crippen LogP contribution in [0.25, 0.3) is 11.0 Å². The number of nitrogens with zero attached hydrogens (tertiary/aromatic N) is 2. The molecule has 0 aliphatic heterocycles. The lowest BCUT2D eigenvalue weighted by molar-refractivity contribution is 0.0954. The smallest absolute Gasteiger partial charge is 0.253 e. The Morgan fingerprint density at radius 1 is 1.26 bits per heavy atom. The van der Waals surface area contributed by atoms with Crippen molar-refractivity contribution < 1.29 is 9.18 Å². The molecule has 1 heterocycles. The number of amides is 1. The van der Waals surface area contributed by atoms with Crippen molar-refractivity contribution in [2.24, 2.45) is 0 Å². The molecule has 2 N–H and O–H groups in total. The Bertz CT molecular complexity index is 588. The summed E-state index contributed by atoms with van der Waals surface area (Å²) in [4.78, 5) is 20.1. The maximum absolute atomic E-state index is 13.4. The van der Waals surface area contributed by atoms with E-state index in [1.807, 2.05) is 7.05 Å². The quantitative estimate of drug-likeness (QED) is 0.792. The number of carbonyl (C=O) groups excluding carboxylic acids is 1. The third-order valence-electron chi connectivity index (χ3n) is 2.67. The van der Waals surface area contributed by atoms with E-state index in [0.717, 1.165) is 13.0 Å². The van der Waals surface area contributed by atoms with Crippen molar-refractivity contribution in [2.45, 2.75) is 6.42 Å². The minimum atomic E-state index is -0.492. The average Bonchev–Trinajstić information content (AvgIpc) is 2.42. The molecular weight excluding hydrogens is 247 g/mol. The fraction of sp³-hybridized carbons (Fsp3) is 0.308. The van der Waals surface area contributed by atoms with Gasteiger partial charge in [-0.3, -0.25) is 14.8 Å². The molecule has 0 fully saturated rings. The van der Waals surface area contributed by atoms with Gasteiger partial charge in [0.15, 0.2) is 0 Å². The Morgan fingerprint density at radius 2 is 2.05 bits per heavy atom. The van der Waals surface area contributed by atoms with Crippen LogP contribution >= 0.6 is 0 Å². The maximum atomic E-state index is 13.4. The Morgan fingerprint density at radius 3 is 2.84 bits per heavy atom. The Balaban J connectivity index is 2.21. The van der Waals surface area contributed by atoms with Gasteiger partial charge < -0.3 is 10.6 Å². The van der Waals surface area contributed by atoms with Gasteiger partial charge in [-0.05, 0) is 26.1 Å². The number of carbonyl (C=O) groups is 1. The van der Waals surface area contributed by atoms with Crippen molar-refractivity contribution in [2.75, 3.05) is 20.1 Å². The van der Waals surface area contributed by atoms with Gasteiger partial charge in [-0.15, -0.1) is 0 Å². The molecule has 0 saturated heterocycles. The number of benzene rings is 1. The lowest BCUT2D eigenvalue weighted by Gasteiger charge is -2.07. The second kappa shape index (κ2) is 6.19. The first-order valence-electron chi connectivity index (χ1n) is 6.05. The molecule has 6 heteroatoms. The first kappa shape index (κ1) is 13.4. The zero-order valence-corrected chi connectivity index (χ0v) is 10.6. The van der Waals surface area contributed by atoms with E-state index in [9.17, 15) is 9.18 Å². The molecule has 0 radical (unpaired) electrons. The summed E-state index contributed by atoms with van der Waals surface area (Å²) in [6.45, 7) is 1.34. The van der Waals surface area contributed by atoms with Crippen molar-refractivity contribution in [1.29, 1.82) is 0 Å². The van der Waals surface area contributed by atoms with Crippen LogP contribution in [0, 0.1) is 5.82 Å². The number of nitrogens with one attached hydrogen (secondary N) is 2. The topological polar surface area (TPSA) is 66.9 Å². The molecular formula is C13H15FN4O. The van der Waals surface area contributed by atoms with Crippen LogP contribution in [0.4, 0.5) is 4.39 Å². The molecule has 2 aromatic rings. The Labute approximate surface area is 110 Å². The lowest BCUT2D eigenvalue weighted by Crippen LogP contribution is -2.27. The van der Waals surface area contributed by atoms with Gasteiger partial charge in [0, 0.05) is 25.0 Å². The zero-order valence-electron chi connectivity index (χ0n) is 10.6. The third kappa shape index (κ3) is 3.23. The van der Waals surface area contributed by atoms with Gasteiger partial charge in [-0.1, -0.05) is 0 Å². The number of hydrogen-bond donors (Lipinski definition) is 2. The zero-order chi connectivity index (χ0) is 13.7. The highest BCUT2D eigenvalue weighted by Gasteiger charge is 2.13. The maximum Gasteiger partial charge on any atom is 0.253 e. The summed E-state index contributed by atoms with van der Waals surface area (Å²) >= 11 is 0. The predicted molar refractivity (Wildman–Crippen MR) is 70.4 cm³/mol. The normalized spacial score (nSPS) is 10.6. The number of aromatic nitrogens is 2. The standard InChI is InChI=1S/C13H15FN4O/c1-15-3-2-4-18-13(19)10-7-9(14)8-11-12(10)17-6-5-16-11/h5-8,15H,2-4H2,1H3,(H,18,19). The molecule has 0 saturated carbocycles. The van der Waals surface area contributed by atoms with E-state index in [0.29, 0.717) is 17.6 Å². The molecule has 2 rings (SSSR count). The van der Waals surface area contributed by atoms with Crippen LogP contribution in [0.3, 0.4) is 0 Å². The SMILES string of the molecule is CNCCCNC(=O)c1cc(F)cc2nccnc12. The molecule has 0 aliphatic carbocycles. The van der Waals surface area contributed by atoms with E-state index in [2.05, 4.69) is 20.6 Å². The Kier molecular flexibility index (Phi) is 4.35. The molecule has 0 aliphatic rings. The molecule has 1 amide bonds. The van der Waals surface area contributed by atoms with Gasteiger partial charge in [-0.2, -0.15) is 0 Å². The molecule has 0 unspecified atom stereocenters. The molecule has 5 nitrogen and oxygen atoms in total. The summed E-state index contributed by atoms with van der Waals surface area (Å²) in [5.74, 6) is -0.825. The van der Waals surface area contributed by atoms with Crippen LogP contribution in [-0.4, -0.2) is 36.0 Å². The predicted octanol–water partition coefficient (Wildman–Crippen LogP) is 1.11. The molecule has 100 valence electrons. The summed E-state index contributed by atoms with van der Waals surface area (Å²) in [6, 6.07) is 2.45. The van der Waals surface area contributed by atoms with Crippen LogP contribution in [0.1, 0.15) is 16.8 Å². The van der Waals surface area contributed by atoms with Crippen LogP contribution < -0.4 is 10.6 Å². The third-order valence-corrected chi connectivity index (χ3v) is 2.67. The second-order valence-electron chi connectivity index (χ2n) is 4.09. The number of halogens is 1. The highest BCUT2D eigenvalue weighted by molar-refractivity contribution is 6.04. The first-order valence-corrected chi connectivity index (χ1v) is 6.05. The van der Waals surface area contributed by atoms with Crippen molar-refractivity contribution in [3.63, 3.8) is 0 Å². The van der Waals surface area contributed by atoms with E-state index in [4.69, 9.17) is 0 Å². The minimum absolute atomic E-state index is 0.215. The fourth-order valence-corrected chi connectivity index (χ4v) is 1.78. The van der Waals surface area contributed by atoms with Gasteiger partial charge in [-0.25, -0.2) is 4.39 Å². The molecule has 1 aromatic heterocycles. The van der Waals surface area contributed by atoms with Crippen LogP contribution in [0.15, 0.2) is 24.5 Å². The summed E-state index contributed by atoms with van der Waals surface area (Å²) in [6.07, 6.45) is 3.76. The average molecular weight is 262 g/mol. The summed E-state index contributed by atoms with van der Waals surface area (Å²) in [5, 5.41) is 5.73. The van der Waals surface area contributed by atoms with Crippen molar-refractivity contribution >= 4 is 16.9 Å². The number of hydrogen-bond acceptors (Lipinski definition) is 4. The first-order chi connectivity index (χ1) is 9.22. The van der Waals surface area contributed by atoms with E-state index < -0.39 is 5.82 Å². The van der Waals surface area contributed by atoms with E-state index >= 15 is 0 Å². The lowest BCUT2D eigenvalue weighted by atomic mass is 10.1. The van der Waals surface area contributed by atoms with E-state index in [-0.39, 0.29) is 11.5 Å². The molecule has 0 bridgehead atoms. The van der Waals surface area contributed by atoms with Crippen LogP contribution in [0.5, 0.6) is 0 Å². The molecule has 0 atom stereocenters. The van der Waals surface area contributed by atoms with Crippen LogP contribution in [-0.2, 0) is 0 Å². The molecule has 1 aromatic carbocycles. The van der Waals surface area contributed by atoms with Gasteiger partial charge in [0.25, 0.3) is 5.91 Å². The largest absolute Gasteiger partial charge is 0.352 e. The van der Waals surface area contributed by atoms with Crippen molar-refractivity contribution in [1.82, 2.24) is 20.6 Å². The van der Waals surface area contributed by atoms with E-state index in [1.54, 1.807) is 0 Å². The number of fused-ring (bicyclic) bond motifs is 1. The molecule has 0 spiro atoms. The summed E-state index contributed by atoms with van der Waals surface area (Å²) in [5.41, 5.74) is 1.01. The van der Waals surface area contributed by atoms with Gasteiger partial charge in [0.2, 0.25) is 0 Å². The van der Waals surface area contributed by atoms with Gasteiger partial charge in [0.05, 0.1) is 11.1 Å². The fourth-order valence-electron chi connectivity index (χ4n) is 1.78. The number of rotatable bonds is 5. The van der Waals surface area contributed by atoms with Crippen molar-refractivity contribution in [3.8, 4) is 0 Å². The minimum Gasteiger partial charge on any atom is -0.352 e. The van der Waals surface area contributed by atoms with Crippen LogP contribution in [0.2, 0.25) is 0 Å². The highest BCUT2D eigenvalue weighted by atomic mass is 19.1.